The molecule has 1 aromatic rings. The minimum Gasteiger partial charge on any atom is -0.496 e. The lowest BCUT2D eigenvalue weighted by Gasteiger charge is -2.08. The number of thiocarbonyl (C=S) groups is 1. The average molecular weight is 244 g/mol. The number of ether oxygens (including phenoxy) is 1. The summed E-state index contributed by atoms with van der Waals surface area (Å²) >= 11 is 10.7. The number of benzene rings is 1. The summed E-state index contributed by atoms with van der Waals surface area (Å²) in [6.07, 6.45) is 2.55. The van der Waals surface area contributed by atoms with Crippen LogP contribution in [0.25, 0.3) is 0 Å². The van der Waals surface area contributed by atoms with Gasteiger partial charge in [-0.05, 0) is 43.0 Å². The molecule has 0 aliphatic carbocycles. The van der Waals surface area contributed by atoms with Crippen LogP contribution in [0, 0.1) is 0 Å². The number of hydrogen-bond donors (Lipinski definition) is 1. The zero-order chi connectivity index (χ0) is 11.3. The van der Waals surface area contributed by atoms with E-state index in [0.717, 1.165) is 35.6 Å². The van der Waals surface area contributed by atoms with Crippen molar-refractivity contribution >= 4 is 28.8 Å². The quantitative estimate of drug-likeness (QED) is 0.808. The molecule has 0 spiro atoms. The van der Waals surface area contributed by atoms with E-state index in [9.17, 15) is 0 Å². The molecule has 0 radical (unpaired) electrons. The van der Waals surface area contributed by atoms with Crippen LogP contribution in [0.5, 0.6) is 5.75 Å². The summed E-state index contributed by atoms with van der Waals surface area (Å²) in [5.41, 5.74) is 6.53. The molecule has 0 saturated carbocycles. The van der Waals surface area contributed by atoms with Gasteiger partial charge in [0.1, 0.15) is 5.75 Å². The predicted octanol–water partition coefficient (Wildman–Crippen LogP) is 2.96. The fourth-order valence-electron chi connectivity index (χ4n) is 1.40. The van der Waals surface area contributed by atoms with Crippen LogP contribution in [0.4, 0.5) is 0 Å². The van der Waals surface area contributed by atoms with Crippen molar-refractivity contribution in [3.05, 3.63) is 28.8 Å². The Labute approximate surface area is 100 Å². The van der Waals surface area contributed by atoms with E-state index < -0.39 is 0 Å². The summed E-state index contributed by atoms with van der Waals surface area (Å²) in [4.78, 5) is 0.552. The molecular formula is C11H14ClNOS. The lowest BCUT2D eigenvalue weighted by Crippen LogP contribution is -2.07. The zero-order valence-electron chi connectivity index (χ0n) is 8.63. The highest BCUT2D eigenvalue weighted by Gasteiger charge is 2.03. The molecule has 0 heterocycles. The molecule has 4 heteroatoms. The SMILES string of the molecule is COc1ccc(Cl)cc1CCCC(N)=S. The molecule has 0 aromatic heterocycles. The van der Waals surface area contributed by atoms with Crippen LogP contribution >= 0.6 is 23.8 Å². The van der Waals surface area contributed by atoms with Crippen LogP contribution in [0.2, 0.25) is 5.02 Å². The van der Waals surface area contributed by atoms with Crippen molar-refractivity contribution in [1.29, 1.82) is 0 Å². The Balaban J connectivity index is 2.65. The third-order valence-electron chi connectivity index (χ3n) is 2.11. The second kappa shape index (κ2) is 5.93. The fourth-order valence-corrected chi connectivity index (χ4v) is 1.73. The van der Waals surface area contributed by atoms with E-state index in [2.05, 4.69) is 0 Å². The lowest BCUT2D eigenvalue weighted by molar-refractivity contribution is 0.409. The Hall–Kier alpha value is -0.800. The van der Waals surface area contributed by atoms with Gasteiger partial charge in [0.25, 0.3) is 0 Å². The van der Waals surface area contributed by atoms with Crippen molar-refractivity contribution in [3.63, 3.8) is 0 Å². The molecule has 0 bridgehead atoms. The van der Waals surface area contributed by atoms with E-state index in [4.69, 9.17) is 34.3 Å². The summed E-state index contributed by atoms with van der Waals surface area (Å²) in [6, 6.07) is 5.61. The summed E-state index contributed by atoms with van der Waals surface area (Å²) in [5, 5.41) is 0.723. The van der Waals surface area contributed by atoms with Gasteiger partial charge in [-0.2, -0.15) is 0 Å². The Morgan fingerprint density at radius 3 is 2.87 bits per heavy atom. The van der Waals surface area contributed by atoms with Crippen LogP contribution in [0.15, 0.2) is 18.2 Å². The van der Waals surface area contributed by atoms with Crippen molar-refractivity contribution in [3.8, 4) is 5.75 Å². The van der Waals surface area contributed by atoms with Crippen LogP contribution in [-0.2, 0) is 6.42 Å². The van der Waals surface area contributed by atoms with E-state index >= 15 is 0 Å². The molecule has 0 unspecified atom stereocenters. The minimum absolute atomic E-state index is 0.552. The largest absolute Gasteiger partial charge is 0.496 e. The standard InChI is InChI=1S/C11H14ClNOS/c1-14-10-6-5-9(12)7-8(10)3-2-4-11(13)15/h5-7H,2-4H2,1H3,(H2,13,15). The monoisotopic (exact) mass is 243 g/mol. The normalized spacial score (nSPS) is 10.0. The van der Waals surface area contributed by atoms with Crippen molar-refractivity contribution in [2.24, 2.45) is 5.73 Å². The first-order valence-electron chi connectivity index (χ1n) is 4.74. The molecule has 1 aromatic carbocycles. The summed E-state index contributed by atoms with van der Waals surface area (Å²) in [5.74, 6) is 0.863. The predicted molar refractivity (Wildman–Crippen MR) is 67.7 cm³/mol. The maximum Gasteiger partial charge on any atom is 0.122 e. The topological polar surface area (TPSA) is 35.2 Å². The van der Waals surface area contributed by atoms with Gasteiger partial charge in [-0.15, -0.1) is 0 Å². The second-order valence-corrected chi connectivity index (χ2v) is 4.24. The lowest BCUT2D eigenvalue weighted by atomic mass is 10.1. The van der Waals surface area contributed by atoms with E-state index in [1.54, 1.807) is 7.11 Å². The van der Waals surface area contributed by atoms with Gasteiger partial charge in [0.05, 0.1) is 12.1 Å². The first-order chi connectivity index (χ1) is 7.13. The summed E-state index contributed by atoms with van der Waals surface area (Å²) in [7, 11) is 1.65. The molecule has 15 heavy (non-hydrogen) atoms. The van der Waals surface area contributed by atoms with Crippen LogP contribution in [-0.4, -0.2) is 12.1 Å². The molecule has 2 nitrogen and oxygen atoms in total. The highest BCUT2D eigenvalue weighted by atomic mass is 35.5. The van der Waals surface area contributed by atoms with Gasteiger partial charge in [0, 0.05) is 5.02 Å². The molecule has 1 rings (SSSR count). The van der Waals surface area contributed by atoms with Crippen molar-refractivity contribution in [2.45, 2.75) is 19.3 Å². The average Bonchev–Trinajstić information content (AvgIpc) is 2.17. The first-order valence-corrected chi connectivity index (χ1v) is 5.53. The molecule has 0 amide bonds. The highest BCUT2D eigenvalue weighted by molar-refractivity contribution is 7.80. The van der Waals surface area contributed by atoms with Crippen molar-refractivity contribution in [2.75, 3.05) is 7.11 Å². The summed E-state index contributed by atoms with van der Waals surface area (Å²) in [6.45, 7) is 0. The molecule has 0 aliphatic rings. The molecule has 2 N–H and O–H groups in total. The fraction of sp³-hybridized carbons (Fsp3) is 0.364. The van der Waals surface area contributed by atoms with E-state index in [-0.39, 0.29) is 0 Å². The molecule has 0 saturated heterocycles. The third kappa shape index (κ3) is 4.06. The Morgan fingerprint density at radius 2 is 2.27 bits per heavy atom. The van der Waals surface area contributed by atoms with Gasteiger partial charge in [-0.1, -0.05) is 23.8 Å². The van der Waals surface area contributed by atoms with Gasteiger partial charge in [0.15, 0.2) is 0 Å². The number of halogens is 1. The maximum atomic E-state index is 5.91. The number of nitrogens with two attached hydrogens (primary N) is 1. The molecule has 0 aliphatic heterocycles. The van der Waals surface area contributed by atoms with E-state index in [0.29, 0.717) is 4.99 Å². The molecule has 0 atom stereocenters. The van der Waals surface area contributed by atoms with Gasteiger partial charge >= 0.3 is 0 Å². The number of hydrogen-bond acceptors (Lipinski definition) is 2. The third-order valence-corrected chi connectivity index (χ3v) is 2.55. The molecule has 82 valence electrons. The summed E-state index contributed by atoms with van der Waals surface area (Å²) < 4.78 is 5.24. The van der Waals surface area contributed by atoms with E-state index in [1.807, 2.05) is 18.2 Å². The Kier molecular flexibility index (Phi) is 4.85. The number of rotatable bonds is 5. The van der Waals surface area contributed by atoms with Crippen LogP contribution in [0.1, 0.15) is 18.4 Å². The van der Waals surface area contributed by atoms with Gasteiger partial charge in [-0.3, -0.25) is 0 Å². The Bertz CT molecular complexity index is 354. The van der Waals surface area contributed by atoms with Gasteiger partial charge in [-0.25, -0.2) is 0 Å². The van der Waals surface area contributed by atoms with Crippen molar-refractivity contribution in [1.82, 2.24) is 0 Å². The Morgan fingerprint density at radius 1 is 1.53 bits per heavy atom. The minimum atomic E-state index is 0.552. The number of methoxy groups -OCH3 is 1. The van der Waals surface area contributed by atoms with Crippen LogP contribution < -0.4 is 10.5 Å². The second-order valence-electron chi connectivity index (χ2n) is 3.28. The van der Waals surface area contributed by atoms with Gasteiger partial charge < -0.3 is 10.5 Å². The first kappa shape index (κ1) is 12.3. The molecule has 0 fully saturated rings. The van der Waals surface area contributed by atoms with Gasteiger partial charge in [0.2, 0.25) is 0 Å². The van der Waals surface area contributed by atoms with Crippen molar-refractivity contribution < 1.29 is 4.74 Å². The number of aryl methyl sites for hydroxylation is 1. The zero-order valence-corrected chi connectivity index (χ0v) is 10.2. The van der Waals surface area contributed by atoms with Crippen LogP contribution in [0.3, 0.4) is 0 Å². The maximum absolute atomic E-state index is 5.91. The van der Waals surface area contributed by atoms with E-state index in [1.165, 1.54) is 0 Å². The smallest absolute Gasteiger partial charge is 0.122 e. The molecular weight excluding hydrogens is 230 g/mol. The highest BCUT2D eigenvalue weighted by Crippen LogP contribution is 2.24.